The molecular weight excluding hydrogens is 192 g/mol. The summed E-state index contributed by atoms with van der Waals surface area (Å²) in [7, 11) is 0. The van der Waals surface area contributed by atoms with Crippen molar-refractivity contribution >= 4 is 5.69 Å². The molecule has 4 heteroatoms. The fourth-order valence-electron chi connectivity index (χ4n) is 1.42. The van der Waals surface area contributed by atoms with Crippen molar-refractivity contribution in [2.24, 2.45) is 5.73 Å². The van der Waals surface area contributed by atoms with Crippen LogP contribution in [0.15, 0.2) is 18.2 Å². The molecule has 82 valence electrons. The molecular formula is C11H16N2O2. The van der Waals surface area contributed by atoms with E-state index in [0.717, 1.165) is 24.0 Å². The summed E-state index contributed by atoms with van der Waals surface area (Å²) in [6, 6.07) is 5.08. The van der Waals surface area contributed by atoms with Gasteiger partial charge in [-0.2, -0.15) is 0 Å². The number of nitrogens with two attached hydrogens (primary N) is 1. The number of hydrogen-bond acceptors (Lipinski definition) is 3. The molecule has 1 rings (SSSR count). The maximum Gasteiger partial charge on any atom is 0.269 e. The van der Waals surface area contributed by atoms with Crippen LogP contribution < -0.4 is 5.73 Å². The van der Waals surface area contributed by atoms with Gasteiger partial charge in [0.05, 0.1) is 4.92 Å². The van der Waals surface area contributed by atoms with E-state index in [1.165, 1.54) is 6.07 Å². The second kappa shape index (κ2) is 4.89. The molecule has 0 saturated heterocycles. The molecule has 0 bridgehead atoms. The Labute approximate surface area is 89.2 Å². The van der Waals surface area contributed by atoms with Crippen molar-refractivity contribution in [1.82, 2.24) is 0 Å². The van der Waals surface area contributed by atoms with Crippen molar-refractivity contribution in [1.29, 1.82) is 0 Å². The van der Waals surface area contributed by atoms with Crippen LogP contribution in [0, 0.1) is 17.0 Å². The summed E-state index contributed by atoms with van der Waals surface area (Å²) in [6.45, 7) is 3.90. The largest absolute Gasteiger partial charge is 0.328 e. The van der Waals surface area contributed by atoms with E-state index in [1.54, 1.807) is 12.1 Å². The van der Waals surface area contributed by atoms with Crippen LogP contribution >= 0.6 is 0 Å². The third kappa shape index (κ3) is 3.32. The Morgan fingerprint density at radius 1 is 1.53 bits per heavy atom. The van der Waals surface area contributed by atoms with Gasteiger partial charge in [0.15, 0.2) is 0 Å². The normalized spacial score (nSPS) is 12.5. The van der Waals surface area contributed by atoms with Gasteiger partial charge in [0, 0.05) is 18.2 Å². The predicted octanol–water partition coefficient (Wildman–Crippen LogP) is 2.18. The molecule has 0 amide bonds. The van der Waals surface area contributed by atoms with Crippen LogP contribution in [0.4, 0.5) is 5.69 Å². The van der Waals surface area contributed by atoms with E-state index in [1.807, 2.05) is 13.8 Å². The standard InChI is InChI=1S/C11H16N2O2/c1-8-3-6-11(13(14)15)7-10(8)5-4-9(2)12/h3,6-7,9H,4-5,12H2,1-2H3/t9-/m1/s1. The van der Waals surface area contributed by atoms with Crippen molar-refractivity contribution in [2.75, 3.05) is 0 Å². The Bertz CT molecular complexity index is 362. The molecule has 0 fully saturated rings. The Kier molecular flexibility index (Phi) is 3.80. The maximum absolute atomic E-state index is 10.6. The van der Waals surface area contributed by atoms with Crippen molar-refractivity contribution in [2.45, 2.75) is 32.7 Å². The van der Waals surface area contributed by atoms with Crippen molar-refractivity contribution in [3.8, 4) is 0 Å². The minimum Gasteiger partial charge on any atom is -0.328 e. The number of benzene rings is 1. The number of nitrogens with zero attached hydrogens (tertiary/aromatic N) is 1. The Balaban J connectivity index is 2.85. The van der Waals surface area contributed by atoms with Crippen LogP contribution in [0.5, 0.6) is 0 Å². The Morgan fingerprint density at radius 3 is 2.73 bits per heavy atom. The summed E-state index contributed by atoms with van der Waals surface area (Å²) in [5.41, 5.74) is 7.91. The maximum atomic E-state index is 10.6. The van der Waals surface area contributed by atoms with Crippen molar-refractivity contribution in [3.05, 3.63) is 39.4 Å². The summed E-state index contributed by atoms with van der Waals surface area (Å²) >= 11 is 0. The quantitative estimate of drug-likeness (QED) is 0.609. The molecule has 0 aliphatic carbocycles. The van der Waals surface area contributed by atoms with E-state index in [4.69, 9.17) is 5.73 Å². The summed E-state index contributed by atoms with van der Waals surface area (Å²) in [5.74, 6) is 0. The van der Waals surface area contributed by atoms with Crippen LogP contribution in [0.1, 0.15) is 24.5 Å². The van der Waals surface area contributed by atoms with Gasteiger partial charge in [0.2, 0.25) is 0 Å². The van der Waals surface area contributed by atoms with Gasteiger partial charge in [-0.3, -0.25) is 10.1 Å². The molecule has 0 unspecified atom stereocenters. The first kappa shape index (κ1) is 11.7. The summed E-state index contributed by atoms with van der Waals surface area (Å²) < 4.78 is 0. The molecule has 0 radical (unpaired) electrons. The molecule has 0 aliphatic rings. The Morgan fingerprint density at radius 2 is 2.20 bits per heavy atom. The molecule has 0 aliphatic heterocycles. The van der Waals surface area contributed by atoms with Gasteiger partial charge < -0.3 is 5.73 Å². The molecule has 1 aromatic rings. The van der Waals surface area contributed by atoms with Crippen LogP contribution in [-0.4, -0.2) is 11.0 Å². The van der Waals surface area contributed by atoms with Crippen LogP contribution in [0.25, 0.3) is 0 Å². The van der Waals surface area contributed by atoms with Crippen LogP contribution in [0.3, 0.4) is 0 Å². The van der Waals surface area contributed by atoms with E-state index in [-0.39, 0.29) is 16.7 Å². The number of nitro groups is 1. The predicted molar refractivity (Wildman–Crippen MR) is 59.8 cm³/mol. The molecule has 4 nitrogen and oxygen atoms in total. The fourth-order valence-corrected chi connectivity index (χ4v) is 1.42. The monoisotopic (exact) mass is 208 g/mol. The van der Waals surface area contributed by atoms with Crippen LogP contribution in [-0.2, 0) is 6.42 Å². The lowest BCUT2D eigenvalue weighted by atomic mass is 10.0. The van der Waals surface area contributed by atoms with E-state index >= 15 is 0 Å². The average molecular weight is 208 g/mol. The second-order valence-corrected chi connectivity index (χ2v) is 3.88. The first-order chi connectivity index (χ1) is 7.00. The molecule has 0 aromatic heterocycles. The lowest BCUT2D eigenvalue weighted by Crippen LogP contribution is -2.15. The zero-order chi connectivity index (χ0) is 11.4. The van der Waals surface area contributed by atoms with Crippen molar-refractivity contribution < 1.29 is 4.92 Å². The minimum atomic E-state index is -0.366. The third-order valence-corrected chi connectivity index (χ3v) is 2.41. The van der Waals surface area contributed by atoms with Gasteiger partial charge in [-0.05, 0) is 37.8 Å². The van der Waals surface area contributed by atoms with Gasteiger partial charge in [-0.25, -0.2) is 0 Å². The number of non-ortho nitro benzene ring substituents is 1. The number of hydrogen-bond donors (Lipinski definition) is 1. The number of rotatable bonds is 4. The summed E-state index contributed by atoms with van der Waals surface area (Å²) in [4.78, 5) is 10.2. The summed E-state index contributed by atoms with van der Waals surface area (Å²) in [5, 5.41) is 10.6. The number of aryl methyl sites for hydroxylation is 2. The first-order valence-electron chi connectivity index (χ1n) is 5.00. The minimum absolute atomic E-state index is 0.128. The zero-order valence-corrected chi connectivity index (χ0v) is 9.06. The van der Waals surface area contributed by atoms with Gasteiger partial charge in [0.25, 0.3) is 5.69 Å². The molecule has 0 saturated carbocycles. The highest BCUT2D eigenvalue weighted by atomic mass is 16.6. The molecule has 0 heterocycles. The van der Waals surface area contributed by atoms with Crippen molar-refractivity contribution in [3.63, 3.8) is 0 Å². The topological polar surface area (TPSA) is 69.2 Å². The SMILES string of the molecule is Cc1ccc([N+](=O)[O-])cc1CC[C@@H](C)N. The van der Waals surface area contributed by atoms with Gasteiger partial charge in [0.1, 0.15) is 0 Å². The molecule has 2 N–H and O–H groups in total. The molecule has 0 spiro atoms. The van der Waals surface area contributed by atoms with Gasteiger partial charge in [-0.1, -0.05) is 6.07 Å². The molecule has 1 aromatic carbocycles. The lowest BCUT2D eigenvalue weighted by molar-refractivity contribution is -0.384. The Hall–Kier alpha value is -1.42. The first-order valence-corrected chi connectivity index (χ1v) is 5.00. The highest BCUT2D eigenvalue weighted by Crippen LogP contribution is 2.18. The zero-order valence-electron chi connectivity index (χ0n) is 9.06. The molecule has 15 heavy (non-hydrogen) atoms. The highest BCUT2D eigenvalue weighted by molar-refractivity contribution is 5.39. The second-order valence-electron chi connectivity index (χ2n) is 3.88. The number of nitro benzene ring substituents is 1. The molecule has 1 atom stereocenters. The van der Waals surface area contributed by atoms with Gasteiger partial charge >= 0.3 is 0 Å². The van der Waals surface area contributed by atoms with E-state index < -0.39 is 0 Å². The van der Waals surface area contributed by atoms with Crippen LogP contribution in [0.2, 0.25) is 0 Å². The highest BCUT2D eigenvalue weighted by Gasteiger charge is 2.08. The average Bonchev–Trinajstić information content (AvgIpc) is 2.16. The van der Waals surface area contributed by atoms with E-state index in [9.17, 15) is 10.1 Å². The lowest BCUT2D eigenvalue weighted by Gasteiger charge is -2.07. The summed E-state index contributed by atoms with van der Waals surface area (Å²) in [6.07, 6.45) is 1.65. The smallest absolute Gasteiger partial charge is 0.269 e. The third-order valence-electron chi connectivity index (χ3n) is 2.41. The fraction of sp³-hybridized carbons (Fsp3) is 0.455. The van der Waals surface area contributed by atoms with E-state index in [0.29, 0.717) is 0 Å². The van der Waals surface area contributed by atoms with Gasteiger partial charge in [-0.15, -0.1) is 0 Å². The van der Waals surface area contributed by atoms with E-state index in [2.05, 4.69) is 0 Å².